The van der Waals surface area contributed by atoms with E-state index in [9.17, 15) is 4.79 Å². The summed E-state index contributed by atoms with van der Waals surface area (Å²) >= 11 is 0. The molecule has 2 heterocycles. The van der Waals surface area contributed by atoms with Crippen molar-refractivity contribution in [1.82, 2.24) is 15.2 Å². The number of anilines is 1. The Morgan fingerprint density at radius 3 is 2.71 bits per heavy atom. The third-order valence-corrected chi connectivity index (χ3v) is 2.10. The molecule has 0 bridgehead atoms. The van der Waals surface area contributed by atoms with E-state index in [1.807, 2.05) is 27.7 Å². The highest BCUT2D eigenvalue weighted by Crippen LogP contribution is 2.13. The molecule has 17 heavy (non-hydrogen) atoms. The first-order chi connectivity index (χ1) is 8.16. The van der Waals surface area contributed by atoms with Crippen LogP contribution in [0.2, 0.25) is 0 Å². The SMILES string of the molecule is CC.CC(C)C(=O)Nc1cc2cn[nH]c2cn1. The smallest absolute Gasteiger partial charge is 0.228 e. The zero-order valence-corrected chi connectivity index (χ0v) is 10.6. The highest BCUT2D eigenvalue weighted by atomic mass is 16.1. The number of hydrogen-bond donors (Lipinski definition) is 2. The lowest BCUT2D eigenvalue weighted by molar-refractivity contribution is -0.118. The van der Waals surface area contributed by atoms with Gasteiger partial charge in [-0.1, -0.05) is 27.7 Å². The number of amides is 1. The average Bonchev–Trinajstić information content (AvgIpc) is 2.78. The molecule has 2 aromatic heterocycles. The minimum Gasteiger partial charge on any atom is -0.310 e. The van der Waals surface area contributed by atoms with Gasteiger partial charge in [0.2, 0.25) is 5.91 Å². The Morgan fingerprint density at radius 1 is 1.35 bits per heavy atom. The zero-order valence-electron chi connectivity index (χ0n) is 10.6. The molecule has 2 rings (SSSR count). The molecule has 0 atom stereocenters. The summed E-state index contributed by atoms with van der Waals surface area (Å²) in [4.78, 5) is 15.5. The summed E-state index contributed by atoms with van der Waals surface area (Å²) in [7, 11) is 0. The molecule has 0 saturated carbocycles. The molecule has 0 aromatic carbocycles. The summed E-state index contributed by atoms with van der Waals surface area (Å²) in [5, 5.41) is 10.3. The second kappa shape index (κ2) is 5.98. The molecule has 5 heteroatoms. The quantitative estimate of drug-likeness (QED) is 0.839. The summed E-state index contributed by atoms with van der Waals surface area (Å²) in [5.41, 5.74) is 0.859. The van der Waals surface area contributed by atoms with Crippen LogP contribution in [0.1, 0.15) is 27.7 Å². The topological polar surface area (TPSA) is 70.7 Å². The molecule has 0 aliphatic rings. The molecule has 0 spiro atoms. The first kappa shape index (κ1) is 13.2. The third-order valence-electron chi connectivity index (χ3n) is 2.10. The van der Waals surface area contributed by atoms with Gasteiger partial charge in [-0.05, 0) is 6.07 Å². The van der Waals surface area contributed by atoms with Crippen molar-refractivity contribution in [1.29, 1.82) is 0 Å². The van der Waals surface area contributed by atoms with Crippen LogP contribution in [0.4, 0.5) is 5.82 Å². The van der Waals surface area contributed by atoms with Crippen molar-refractivity contribution in [3.63, 3.8) is 0 Å². The fourth-order valence-corrected chi connectivity index (χ4v) is 1.18. The summed E-state index contributed by atoms with van der Waals surface area (Å²) in [6, 6.07) is 1.79. The van der Waals surface area contributed by atoms with Gasteiger partial charge in [-0.15, -0.1) is 0 Å². The maximum atomic E-state index is 11.4. The normalized spacial score (nSPS) is 9.94. The van der Waals surface area contributed by atoms with Crippen LogP contribution >= 0.6 is 0 Å². The number of carbonyl (C=O) groups is 1. The number of aromatic nitrogens is 3. The lowest BCUT2D eigenvalue weighted by atomic mass is 10.2. The van der Waals surface area contributed by atoms with Crippen molar-refractivity contribution in [2.45, 2.75) is 27.7 Å². The molecule has 0 aliphatic heterocycles. The highest BCUT2D eigenvalue weighted by molar-refractivity contribution is 5.93. The largest absolute Gasteiger partial charge is 0.310 e. The number of nitrogens with zero attached hydrogens (tertiary/aromatic N) is 2. The highest BCUT2D eigenvalue weighted by Gasteiger charge is 2.08. The van der Waals surface area contributed by atoms with Gasteiger partial charge in [0.05, 0.1) is 17.9 Å². The van der Waals surface area contributed by atoms with E-state index in [2.05, 4.69) is 20.5 Å². The molecule has 5 nitrogen and oxygen atoms in total. The number of hydrogen-bond acceptors (Lipinski definition) is 3. The second-order valence-electron chi connectivity index (χ2n) is 3.67. The number of carbonyl (C=O) groups excluding carboxylic acids is 1. The molecule has 92 valence electrons. The van der Waals surface area contributed by atoms with Gasteiger partial charge < -0.3 is 5.32 Å². The fraction of sp³-hybridized carbons (Fsp3) is 0.417. The molecular formula is C12H18N4O. The lowest BCUT2D eigenvalue weighted by Gasteiger charge is -2.06. The van der Waals surface area contributed by atoms with Crippen LogP contribution < -0.4 is 5.32 Å². The molecule has 0 unspecified atom stereocenters. The van der Waals surface area contributed by atoms with Crippen LogP contribution in [0, 0.1) is 5.92 Å². The first-order valence-corrected chi connectivity index (χ1v) is 5.77. The number of pyridine rings is 1. The third kappa shape index (κ3) is 3.27. The molecule has 2 aromatic rings. The predicted octanol–water partition coefficient (Wildman–Crippen LogP) is 2.58. The van der Waals surface area contributed by atoms with E-state index < -0.39 is 0 Å². The van der Waals surface area contributed by atoms with Crippen LogP contribution in [0.5, 0.6) is 0 Å². The van der Waals surface area contributed by atoms with Crippen molar-refractivity contribution in [3.05, 3.63) is 18.5 Å². The van der Waals surface area contributed by atoms with Gasteiger partial charge >= 0.3 is 0 Å². The Balaban J connectivity index is 0.000000686. The summed E-state index contributed by atoms with van der Waals surface area (Å²) in [6.07, 6.45) is 3.35. The molecule has 2 N–H and O–H groups in total. The molecule has 0 aliphatic carbocycles. The standard InChI is InChI=1S/C10H12N4O.C2H6/c1-6(2)10(15)13-9-3-7-4-12-14-8(7)5-11-9;1-2/h3-6H,1-2H3,(H,12,14)(H,11,13,15);1-2H3. The van der Waals surface area contributed by atoms with Crippen LogP contribution in [-0.4, -0.2) is 21.1 Å². The summed E-state index contributed by atoms with van der Waals surface area (Å²) < 4.78 is 0. The Kier molecular flexibility index (Phi) is 4.63. The molecule has 0 saturated heterocycles. The molecular weight excluding hydrogens is 216 g/mol. The van der Waals surface area contributed by atoms with Gasteiger partial charge in [0.15, 0.2) is 0 Å². The Hall–Kier alpha value is -1.91. The van der Waals surface area contributed by atoms with Gasteiger partial charge in [0.25, 0.3) is 0 Å². The average molecular weight is 234 g/mol. The number of nitrogens with one attached hydrogen (secondary N) is 2. The van der Waals surface area contributed by atoms with Crippen molar-refractivity contribution >= 4 is 22.6 Å². The van der Waals surface area contributed by atoms with E-state index >= 15 is 0 Å². The van der Waals surface area contributed by atoms with E-state index in [-0.39, 0.29) is 11.8 Å². The van der Waals surface area contributed by atoms with E-state index in [0.29, 0.717) is 5.82 Å². The van der Waals surface area contributed by atoms with Crippen molar-refractivity contribution in [2.24, 2.45) is 5.92 Å². The lowest BCUT2D eigenvalue weighted by Crippen LogP contribution is -2.18. The minimum atomic E-state index is -0.0492. The monoisotopic (exact) mass is 234 g/mol. The van der Waals surface area contributed by atoms with Crippen LogP contribution in [0.25, 0.3) is 10.9 Å². The maximum absolute atomic E-state index is 11.4. The first-order valence-electron chi connectivity index (χ1n) is 5.77. The van der Waals surface area contributed by atoms with Gasteiger partial charge in [0.1, 0.15) is 5.82 Å². The number of H-pyrrole nitrogens is 1. The van der Waals surface area contributed by atoms with E-state index in [4.69, 9.17) is 0 Å². The van der Waals surface area contributed by atoms with E-state index in [0.717, 1.165) is 10.9 Å². The summed E-state index contributed by atoms with van der Waals surface area (Å²) in [5.74, 6) is 0.472. The molecule has 0 fully saturated rings. The van der Waals surface area contributed by atoms with E-state index in [1.54, 1.807) is 18.5 Å². The predicted molar refractivity (Wildman–Crippen MR) is 68.7 cm³/mol. The van der Waals surface area contributed by atoms with Gasteiger partial charge in [-0.2, -0.15) is 5.10 Å². The van der Waals surface area contributed by atoms with Crippen LogP contribution in [-0.2, 0) is 4.79 Å². The van der Waals surface area contributed by atoms with Crippen LogP contribution in [0.15, 0.2) is 18.5 Å². The number of aromatic amines is 1. The van der Waals surface area contributed by atoms with Crippen LogP contribution in [0.3, 0.4) is 0 Å². The number of fused-ring (bicyclic) bond motifs is 1. The Labute approximate surface area is 101 Å². The van der Waals surface area contributed by atoms with Gasteiger partial charge in [0, 0.05) is 11.3 Å². The summed E-state index contributed by atoms with van der Waals surface area (Å²) in [6.45, 7) is 7.68. The van der Waals surface area contributed by atoms with Gasteiger partial charge in [-0.25, -0.2) is 4.98 Å². The minimum absolute atomic E-state index is 0.0367. The molecule has 1 amide bonds. The number of rotatable bonds is 2. The molecule has 0 radical (unpaired) electrons. The Bertz CT molecular complexity index is 490. The van der Waals surface area contributed by atoms with Crippen molar-refractivity contribution < 1.29 is 4.79 Å². The van der Waals surface area contributed by atoms with E-state index in [1.165, 1.54) is 0 Å². The fourth-order valence-electron chi connectivity index (χ4n) is 1.18. The Morgan fingerprint density at radius 2 is 2.06 bits per heavy atom. The second-order valence-corrected chi connectivity index (χ2v) is 3.67. The maximum Gasteiger partial charge on any atom is 0.228 e. The zero-order chi connectivity index (χ0) is 12.8. The van der Waals surface area contributed by atoms with Crippen molar-refractivity contribution in [2.75, 3.05) is 5.32 Å². The van der Waals surface area contributed by atoms with Gasteiger partial charge in [-0.3, -0.25) is 9.89 Å². The van der Waals surface area contributed by atoms with Crippen molar-refractivity contribution in [3.8, 4) is 0 Å².